The molecule has 0 radical (unpaired) electrons. The number of oxazole rings is 1. The van der Waals surface area contributed by atoms with Crippen molar-refractivity contribution in [2.45, 2.75) is 52.1 Å². The molecule has 0 saturated heterocycles. The number of aliphatic hydroxyl groups is 1. The average molecular weight is 536 g/mol. The Bertz CT molecular complexity index is 1680. The van der Waals surface area contributed by atoms with Crippen LogP contribution in [0, 0.1) is 17.5 Å². The number of benzene rings is 2. The van der Waals surface area contributed by atoms with Gasteiger partial charge in [-0.3, -0.25) is 0 Å². The van der Waals surface area contributed by atoms with Gasteiger partial charge in [0.15, 0.2) is 17.2 Å². The molecule has 3 heterocycles. The maximum atomic E-state index is 14.9. The molecule has 6 rings (SSSR count). The number of pyridine rings is 1. The summed E-state index contributed by atoms with van der Waals surface area (Å²) in [7, 11) is 1.77. The topological polar surface area (TPSA) is 89.9 Å². The van der Waals surface area contributed by atoms with Crippen LogP contribution in [0.5, 0.6) is 0 Å². The summed E-state index contributed by atoms with van der Waals surface area (Å²) in [4.78, 5) is 9.09. The first-order chi connectivity index (χ1) is 18.6. The summed E-state index contributed by atoms with van der Waals surface area (Å²) < 4.78 is 51.2. The van der Waals surface area contributed by atoms with E-state index in [2.05, 4.69) is 15.2 Å². The minimum absolute atomic E-state index is 0.00673. The van der Waals surface area contributed by atoms with Crippen LogP contribution in [0.4, 0.5) is 13.2 Å². The lowest BCUT2D eigenvalue weighted by atomic mass is 9.97. The molecule has 0 bridgehead atoms. The van der Waals surface area contributed by atoms with Gasteiger partial charge in [0, 0.05) is 29.8 Å². The highest BCUT2D eigenvalue weighted by atomic mass is 19.2. The van der Waals surface area contributed by atoms with Crippen molar-refractivity contribution in [1.82, 2.24) is 24.7 Å². The molecular weight excluding hydrogens is 507 g/mol. The first-order valence-electron chi connectivity index (χ1n) is 12.8. The van der Waals surface area contributed by atoms with Crippen LogP contribution in [0.3, 0.4) is 0 Å². The normalized spacial score (nSPS) is 13.5. The highest BCUT2D eigenvalue weighted by molar-refractivity contribution is 5.83. The Balaban J connectivity index is 0.00000151. The average Bonchev–Trinajstić information content (AvgIpc) is 3.53. The smallest absolute Gasteiger partial charge is 0.246 e. The molecule has 0 spiro atoms. The Kier molecular flexibility index (Phi) is 6.76. The summed E-state index contributed by atoms with van der Waals surface area (Å²) in [6.45, 7) is 6.73. The SMILES string of the molecule is CC.Cn1cnnc1-c1cc(F)ccc1-c1cc(-c2nc3cc(C(C)(C)O)c(F)c(F)c3o2)nc(C2CC2)c1. The molecule has 1 aliphatic rings. The summed E-state index contributed by atoms with van der Waals surface area (Å²) >= 11 is 0. The Morgan fingerprint density at radius 2 is 1.72 bits per heavy atom. The minimum Gasteiger partial charge on any atom is -0.431 e. The second-order valence-electron chi connectivity index (χ2n) is 9.87. The summed E-state index contributed by atoms with van der Waals surface area (Å²) in [5, 5.41) is 18.3. The van der Waals surface area contributed by atoms with Crippen molar-refractivity contribution in [3.8, 4) is 34.1 Å². The lowest BCUT2D eigenvalue weighted by molar-refractivity contribution is 0.0739. The predicted molar refractivity (Wildman–Crippen MR) is 141 cm³/mol. The summed E-state index contributed by atoms with van der Waals surface area (Å²) in [6.07, 6.45) is 3.47. The molecule has 39 heavy (non-hydrogen) atoms. The van der Waals surface area contributed by atoms with E-state index in [0.717, 1.165) is 24.1 Å². The summed E-state index contributed by atoms with van der Waals surface area (Å²) in [5.74, 6) is -2.10. The van der Waals surface area contributed by atoms with Crippen molar-refractivity contribution in [2.24, 2.45) is 7.05 Å². The number of halogens is 3. The van der Waals surface area contributed by atoms with E-state index in [-0.39, 0.29) is 28.5 Å². The molecule has 1 fully saturated rings. The molecule has 0 unspecified atom stereocenters. The molecule has 0 atom stereocenters. The molecule has 7 nitrogen and oxygen atoms in total. The van der Waals surface area contributed by atoms with Crippen molar-refractivity contribution in [2.75, 3.05) is 0 Å². The van der Waals surface area contributed by atoms with Gasteiger partial charge in [-0.1, -0.05) is 19.9 Å². The zero-order chi connectivity index (χ0) is 28.1. The van der Waals surface area contributed by atoms with Crippen LogP contribution in [0.15, 0.2) is 47.1 Å². The van der Waals surface area contributed by atoms with E-state index >= 15 is 0 Å². The largest absolute Gasteiger partial charge is 0.431 e. The van der Waals surface area contributed by atoms with Crippen molar-refractivity contribution < 1.29 is 22.7 Å². The molecule has 2 aromatic carbocycles. The number of fused-ring (bicyclic) bond motifs is 1. The Hall–Kier alpha value is -4.05. The van der Waals surface area contributed by atoms with E-state index in [4.69, 9.17) is 9.40 Å². The minimum atomic E-state index is -1.62. The molecule has 1 aliphatic carbocycles. The third kappa shape index (κ3) is 4.92. The lowest BCUT2D eigenvalue weighted by Crippen LogP contribution is -2.18. The van der Waals surface area contributed by atoms with E-state index in [1.165, 1.54) is 38.4 Å². The van der Waals surface area contributed by atoms with E-state index < -0.39 is 23.1 Å². The molecule has 0 amide bonds. The molecule has 10 heteroatoms. The van der Waals surface area contributed by atoms with Gasteiger partial charge in [-0.05, 0) is 68.1 Å². The van der Waals surface area contributed by atoms with E-state index in [0.29, 0.717) is 22.6 Å². The standard InChI is InChI=1S/C27H22F3N5O2.C2H6/c1-27(2,36)18-11-20-24(23(30)22(18)29)37-26(33-20)21-9-14(8-19(32-21)13-4-5-13)16-7-6-15(28)10-17(16)25-34-31-12-35(25)3;1-2/h6-13,36H,4-5H2,1-3H3;1-2H3. The number of aromatic nitrogens is 5. The molecule has 1 N–H and O–H groups in total. The maximum absolute atomic E-state index is 14.9. The lowest BCUT2D eigenvalue weighted by Gasteiger charge is -2.18. The highest BCUT2D eigenvalue weighted by Gasteiger charge is 2.30. The fourth-order valence-corrected chi connectivity index (χ4v) is 4.45. The second kappa shape index (κ2) is 9.92. The van der Waals surface area contributed by atoms with Gasteiger partial charge in [-0.2, -0.15) is 4.39 Å². The Morgan fingerprint density at radius 1 is 0.974 bits per heavy atom. The molecule has 1 saturated carbocycles. The van der Waals surface area contributed by atoms with Gasteiger partial charge in [0.1, 0.15) is 23.4 Å². The maximum Gasteiger partial charge on any atom is 0.246 e. The zero-order valence-corrected chi connectivity index (χ0v) is 22.3. The van der Waals surface area contributed by atoms with Crippen LogP contribution in [0.2, 0.25) is 0 Å². The Morgan fingerprint density at radius 3 is 2.36 bits per heavy atom. The van der Waals surface area contributed by atoms with Gasteiger partial charge in [-0.15, -0.1) is 10.2 Å². The van der Waals surface area contributed by atoms with Crippen LogP contribution in [-0.2, 0) is 12.6 Å². The first-order valence-corrected chi connectivity index (χ1v) is 12.8. The van der Waals surface area contributed by atoms with Crippen molar-refractivity contribution in [3.63, 3.8) is 0 Å². The van der Waals surface area contributed by atoms with Crippen LogP contribution in [0.25, 0.3) is 45.2 Å². The highest BCUT2D eigenvalue weighted by Crippen LogP contribution is 2.43. The van der Waals surface area contributed by atoms with Crippen LogP contribution in [0.1, 0.15) is 57.7 Å². The fourth-order valence-electron chi connectivity index (χ4n) is 4.45. The summed E-state index contributed by atoms with van der Waals surface area (Å²) in [5.41, 5.74) is 0.942. The molecule has 202 valence electrons. The monoisotopic (exact) mass is 535 g/mol. The van der Waals surface area contributed by atoms with E-state index in [1.54, 1.807) is 23.7 Å². The third-order valence-electron chi connectivity index (χ3n) is 6.53. The van der Waals surface area contributed by atoms with Crippen molar-refractivity contribution >= 4 is 11.1 Å². The van der Waals surface area contributed by atoms with Gasteiger partial charge in [0.25, 0.3) is 0 Å². The van der Waals surface area contributed by atoms with Crippen LogP contribution < -0.4 is 0 Å². The first kappa shape index (κ1) is 26.6. The molecule has 0 aliphatic heterocycles. The van der Waals surface area contributed by atoms with Crippen molar-refractivity contribution in [1.29, 1.82) is 0 Å². The predicted octanol–water partition coefficient (Wildman–Crippen LogP) is 6.90. The number of hydrogen-bond donors (Lipinski definition) is 1. The quantitative estimate of drug-likeness (QED) is 0.263. The molecule has 3 aromatic heterocycles. The van der Waals surface area contributed by atoms with Crippen LogP contribution >= 0.6 is 0 Å². The Labute approximate surface area is 223 Å². The second-order valence-corrected chi connectivity index (χ2v) is 9.87. The molecule has 5 aromatic rings. The number of aryl methyl sites for hydroxylation is 1. The van der Waals surface area contributed by atoms with Gasteiger partial charge in [-0.25, -0.2) is 18.7 Å². The number of rotatable bonds is 5. The van der Waals surface area contributed by atoms with Crippen LogP contribution in [-0.4, -0.2) is 29.8 Å². The van der Waals surface area contributed by atoms with Gasteiger partial charge in [0.2, 0.25) is 11.7 Å². The fraction of sp³-hybridized carbons (Fsp3) is 0.310. The summed E-state index contributed by atoms with van der Waals surface area (Å²) in [6, 6.07) is 9.34. The van der Waals surface area contributed by atoms with Gasteiger partial charge >= 0.3 is 0 Å². The zero-order valence-electron chi connectivity index (χ0n) is 22.3. The number of hydrogen-bond acceptors (Lipinski definition) is 6. The van der Waals surface area contributed by atoms with Crippen molar-refractivity contribution in [3.05, 3.63) is 71.4 Å². The third-order valence-corrected chi connectivity index (χ3v) is 6.53. The number of nitrogens with zero attached hydrogens (tertiary/aromatic N) is 5. The van der Waals surface area contributed by atoms with Gasteiger partial charge < -0.3 is 14.1 Å². The molecular formula is C29H28F3N5O2. The van der Waals surface area contributed by atoms with E-state index in [1.807, 2.05) is 19.9 Å². The van der Waals surface area contributed by atoms with Gasteiger partial charge in [0.05, 0.1) is 5.60 Å². The van der Waals surface area contributed by atoms with E-state index in [9.17, 15) is 18.3 Å².